The molecule has 2 aliphatic rings. The number of carbonyl (C=O) groups is 2. The number of likely N-dealkylation sites (N-methyl/N-ethyl adjacent to an activating group) is 1. The van der Waals surface area contributed by atoms with Gasteiger partial charge in [-0.15, -0.1) is 0 Å². The number of amides is 2. The highest BCUT2D eigenvalue weighted by molar-refractivity contribution is 5.89. The summed E-state index contributed by atoms with van der Waals surface area (Å²) in [5.74, 6) is 0.318. The summed E-state index contributed by atoms with van der Waals surface area (Å²) in [7, 11) is 0. The molecule has 150 valence electrons. The number of nitrogens with one attached hydrogen (secondary N) is 1. The first-order valence-corrected chi connectivity index (χ1v) is 10.7. The van der Waals surface area contributed by atoms with E-state index in [1.807, 2.05) is 29.3 Å². The van der Waals surface area contributed by atoms with Gasteiger partial charge in [0.2, 0.25) is 11.8 Å². The van der Waals surface area contributed by atoms with Crippen molar-refractivity contribution in [3.63, 3.8) is 0 Å². The van der Waals surface area contributed by atoms with Crippen molar-refractivity contribution in [2.75, 3.05) is 13.1 Å². The minimum absolute atomic E-state index is 0.0246. The number of benzene rings is 1. The molecule has 1 aliphatic carbocycles. The van der Waals surface area contributed by atoms with Crippen molar-refractivity contribution < 1.29 is 9.59 Å². The van der Waals surface area contributed by atoms with E-state index in [1.165, 1.54) is 19.3 Å². The van der Waals surface area contributed by atoms with Gasteiger partial charge in [0.05, 0.1) is 12.5 Å². The quantitative estimate of drug-likeness (QED) is 0.874. The Morgan fingerprint density at radius 1 is 1.21 bits per heavy atom. The van der Waals surface area contributed by atoms with Crippen LogP contribution >= 0.6 is 0 Å². The van der Waals surface area contributed by atoms with Crippen molar-refractivity contribution in [1.82, 2.24) is 14.8 Å². The zero-order valence-corrected chi connectivity index (χ0v) is 17.0. The summed E-state index contributed by atoms with van der Waals surface area (Å²) in [6, 6.07) is 8.24. The van der Waals surface area contributed by atoms with E-state index in [2.05, 4.69) is 22.9 Å². The van der Waals surface area contributed by atoms with E-state index in [1.54, 1.807) is 6.92 Å². The van der Waals surface area contributed by atoms with E-state index in [0.29, 0.717) is 19.5 Å². The minimum atomic E-state index is -0.0246. The molecule has 5 nitrogen and oxygen atoms in total. The molecule has 28 heavy (non-hydrogen) atoms. The molecule has 0 bridgehead atoms. The number of aromatic nitrogens is 1. The zero-order chi connectivity index (χ0) is 19.7. The lowest BCUT2D eigenvalue weighted by atomic mass is 9.79. The number of hydrogen-bond donors (Lipinski definition) is 1. The summed E-state index contributed by atoms with van der Waals surface area (Å²) in [6.07, 6.45) is 9.08. The molecular weight excluding hydrogens is 350 g/mol. The topological polar surface area (TPSA) is 56.4 Å². The van der Waals surface area contributed by atoms with Gasteiger partial charge < -0.3 is 14.8 Å². The molecule has 1 aromatic heterocycles. The zero-order valence-electron chi connectivity index (χ0n) is 17.0. The van der Waals surface area contributed by atoms with Gasteiger partial charge in [-0.3, -0.25) is 9.59 Å². The number of para-hydroxylation sites is 1. The van der Waals surface area contributed by atoms with Crippen LogP contribution in [0.4, 0.5) is 0 Å². The van der Waals surface area contributed by atoms with Crippen LogP contribution in [-0.2, 0) is 16.0 Å². The highest BCUT2D eigenvalue weighted by atomic mass is 16.2. The SMILES string of the molecule is CCN(C(=O)Cc1c[nH]c2ccccc12)C1CN(C(C)=O)C2(CCCCC2)C1. The van der Waals surface area contributed by atoms with E-state index < -0.39 is 0 Å². The first-order valence-electron chi connectivity index (χ1n) is 10.7. The molecule has 1 N–H and O–H groups in total. The molecule has 1 unspecified atom stereocenters. The summed E-state index contributed by atoms with van der Waals surface area (Å²) in [5, 5.41) is 1.12. The number of fused-ring (bicyclic) bond motifs is 1. The molecule has 2 aromatic rings. The van der Waals surface area contributed by atoms with Crippen molar-refractivity contribution >= 4 is 22.7 Å². The largest absolute Gasteiger partial charge is 0.361 e. The number of nitrogens with zero attached hydrogens (tertiary/aromatic N) is 2. The maximum atomic E-state index is 13.2. The molecule has 1 saturated heterocycles. The van der Waals surface area contributed by atoms with Crippen LogP contribution in [0.15, 0.2) is 30.5 Å². The molecule has 1 spiro atoms. The van der Waals surface area contributed by atoms with Gasteiger partial charge in [-0.1, -0.05) is 37.5 Å². The smallest absolute Gasteiger partial charge is 0.227 e. The molecule has 5 heteroatoms. The van der Waals surface area contributed by atoms with Crippen LogP contribution in [0.2, 0.25) is 0 Å². The molecular formula is C23H31N3O2. The second kappa shape index (κ2) is 7.61. The van der Waals surface area contributed by atoms with E-state index >= 15 is 0 Å². The third kappa shape index (κ3) is 3.31. The molecule has 1 saturated carbocycles. The Morgan fingerprint density at radius 2 is 1.96 bits per heavy atom. The highest BCUT2D eigenvalue weighted by Crippen LogP contribution is 2.43. The fourth-order valence-electron chi connectivity index (χ4n) is 5.55. The summed E-state index contributed by atoms with van der Waals surface area (Å²) < 4.78 is 0. The number of aromatic amines is 1. The Bertz CT molecular complexity index is 866. The molecule has 2 fully saturated rings. The lowest BCUT2D eigenvalue weighted by molar-refractivity contribution is -0.135. The van der Waals surface area contributed by atoms with Gasteiger partial charge in [0.15, 0.2) is 0 Å². The second-order valence-corrected chi connectivity index (χ2v) is 8.49. The molecule has 1 aliphatic heterocycles. The predicted molar refractivity (Wildman–Crippen MR) is 111 cm³/mol. The number of hydrogen-bond acceptors (Lipinski definition) is 2. The fourth-order valence-corrected chi connectivity index (χ4v) is 5.55. The Hall–Kier alpha value is -2.30. The Balaban J connectivity index is 1.53. The van der Waals surface area contributed by atoms with Crippen LogP contribution in [0.1, 0.15) is 57.9 Å². The van der Waals surface area contributed by atoms with Gasteiger partial charge in [-0.2, -0.15) is 0 Å². The average Bonchev–Trinajstić information content (AvgIpc) is 3.25. The van der Waals surface area contributed by atoms with Crippen LogP contribution in [0.5, 0.6) is 0 Å². The van der Waals surface area contributed by atoms with Crippen molar-refractivity contribution in [2.24, 2.45) is 0 Å². The average molecular weight is 382 g/mol. The van der Waals surface area contributed by atoms with Crippen LogP contribution in [0.25, 0.3) is 10.9 Å². The van der Waals surface area contributed by atoms with Crippen LogP contribution < -0.4 is 0 Å². The summed E-state index contributed by atoms with van der Waals surface area (Å²) in [6.45, 7) is 5.11. The minimum Gasteiger partial charge on any atom is -0.361 e. The monoisotopic (exact) mass is 381 g/mol. The maximum absolute atomic E-state index is 13.2. The van der Waals surface area contributed by atoms with Crippen molar-refractivity contribution in [3.8, 4) is 0 Å². The Morgan fingerprint density at radius 3 is 2.68 bits per heavy atom. The summed E-state index contributed by atoms with van der Waals surface area (Å²) in [5.41, 5.74) is 2.09. The normalized spacial score (nSPS) is 21.4. The van der Waals surface area contributed by atoms with Crippen LogP contribution in [0.3, 0.4) is 0 Å². The number of H-pyrrole nitrogens is 1. The molecule has 4 rings (SSSR count). The second-order valence-electron chi connectivity index (χ2n) is 8.49. The van der Waals surface area contributed by atoms with E-state index in [-0.39, 0.29) is 23.4 Å². The number of rotatable bonds is 4. The predicted octanol–water partition coefficient (Wildman–Crippen LogP) is 3.88. The third-order valence-electron chi connectivity index (χ3n) is 6.86. The van der Waals surface area contributed by atoms with Crippen molar-refractivity contribution in [2.45, 2.75) is 70.4 Å². The van der Waals surface area contributed by atoms with Gasteiger partial charge in [0, 0.05) is 42.7 Å². The van der Waals surface area contributed by atoms with Gasteiger partial charge in [-0.05, 0) is 37.8 Å². The summed E-state index contributed by atoms with van der Waals surface area (Å²) in [4.78, 5) is 33.0. The molecule has 2 heterocycles. The van der Waals surface area contributed by atoms with Gasteiger partial charge >= 0.3 is 0 Å². The van der Waals surface area contributed by atoms with Crippen LogP contribution in [0, 0.1) is 0 Å². The van der Waals surface area contributed by atoms with E-state index in [4.69, 9.17) is 0 Å². The third-order valence-corrected chi connectivity index (χ3v) is 6.86. The number of likely N-dealkylation sites (tertiary alicyclic amines) is 1. The van der Waals surface area contributed by atoms with Gasteiger partial charge in [-0.25, -0.2) is 0 Å². The molecule has 1 aromatic carbocycles. The molecule has 0 radical (unpaired) electrons. The summed E-state index contributed by atoms with van der Waals surface area (Å²) >= 11 is 0. The maximum Gasteiger partial charge on any atom is 0.227 e. The van der Waals surface area contributed by atoms with E-state index in [0.717, 1.165) is 35.7 Å². The first kappa shape index (κ1) is 19.0. The standard InChI is InChI=1S/C23H31N3O2/c1-3-25(22(28)13-18-15-24-21-10-6-5-9-20(18)21)19-14-23(11-7-4-8-12-23)26(16-19)17(2)27/h5-6,9-10,15,19,24H,3-4,7-8,11-14,16H2,1-2H3. The van der Waals surface area contributed by atoms with Crippen molar-refractivity contribution in [1.29, 1.82) is 0 Å². The Kier molecular flexibility index (Phi) is 5.17. The van der Waals surface area contributed by atoms with Crippen LogP contribution in [-0.4, -0.2) is 51.3 Å². The van der Waals surface area contributed by atoms with E-state index in [9.17, 15) is 9.59 Å². The molecule has 1 atom stereocenters. The molecule has 2 amide bonds. The Labute approximate surface area is 167 Å². The lowest BCUT2D eigenvalue weighted by Crippen LogP contribution is -2.47. The highest BCUT2D eigenvalue weighted by Gasteiger charge is 2.49. The lowest BCUT2D eigenvalue weighted by Gasteiger charge is -2.41. The first-order chi connectivity index (χ1) is 13.5. The van der Waals surface area contributed by atoms with Crippen molar-refractivity contribution in [3.05, 3.63) is 36.0 Å². The van der Waals surface area contributed by atoms with Gasteiger partial charge in [0.1, 0.15) is 0 Å². The fraction of sp³-hybridized carbons (Fsp3) is 0.565. The number of carbonyl (C=O) groups excluding carboxylic acids is 2. The van der Waals surface area contributed by atoms with Gasteiger partial charge in [0.25, 0.3) is 0 Å².